The second kappa shape index (κ2) is 9.52. The van der Waals surface area contributed by atoms with Crippen LogP contribution >= 0.6 is 11.5 Å². The molecule has 1 atom stereocenters. The Balaban J connectivity index is 1.62. The van der Waals surface area contributed by atoms with Crippen molar-refractivity contribution in [2.24, 2.45) is 0 Å². The third kappa shape index (κ3) is 5.72. The predicted molar refractivity (Wildman–Crippen MR) is 130 cm³/mol. The highest BCUT2D eigenvalue weighted by Gasteiger charge is 2.27. The number of aromatic nitrogens is 1. The topological polar surface area (TPSA) is 88.6 Å². The summed E-state index contributed by atoms with van der Waals surface area (Å²) in [6.45, 7) is 4.35. The quantitative estimate of drug-likeness (QED) is 0.510. The fourth-order valence-corrected chi connectivity index (χ4v) is 5.39. The van der Waals surface area contributed by atoms with Crippen LogP contribution in [0.15, 0.2) is 53.4 Å². The van der Waals surface area contributed by atoms with Crippen LogP contribution in [-0.4, -0.2) is 42.4 Å². The molecule has 1 aromatic heterocycles. The van der Waals surface area contributed by atoms with Crippen molar-refractivity contribution in [2.45, 2.75) is 44.0 Å². The Morgan fingerprint density at radius 2 is 1.97 bits per heavy atom. The third-order valence-corrected chi connectivity index (χ3v) is 7.60. The summed E-state index contributed by atoms with van der Waals surface area (Å²) in [5, 5.41) is 4.35. The summed E-state index contributed by atoms with van der Waals surface area (Å²) >= 11 is 1.40. The number of nitrogens with zero attached hydrogens (tertiary/aromatic N) is 2. The number of likely N-dealkylation sites (tertiary alicyclic amines) is 1. The first kappa shape index (κ1) is 23.3. The summed E-state index contributed by atoms with van der Waals surface area (Å²) in [5.41, 5.74) is 2.86. The van der Waals surface area contributed by atoms with Crippen molar-refractivity contribution in [3.05, 3.63) is 59.8 Å². The zero-order chi connectivity index (χ0) is 23.6. The predicted octanol–water partition coefficient (Wildman–Crippen LogP) is 4.94. The Morgan fingerprint density at radius 3 is 2.61 bits per heavy atom. The Kier molecular flexibility index (Phi) is 6.71. The van der Waals surface area contributed by atoms with Crippen LogP contribution in [0.2, 0.25) is 0 Å². The Labute approximate surface area is 198 Å². The standard InChI is InChI=1S/C24H27N3O4S2/c1-16-13-24(32-26-16)25-19-6-11-23(31-21-7-9-22(10-8-21)33(3,29)30)18(14-19)15-20-5-4-12-27(20)17(2)28/h6-11,13-14,20,25H,4-5,12,15H2,1-3H3. The number of anilines is 2. The van der Waals surface area contributed by atoms with Gasteiger partial charge in [0, 0.05) is 31.5 Å². The monoisotopic (exact) mass is 485 g/mol. The first-order chi connectivity index (χ1) is 15.7. The number of hydrogen-bond acceptors (Lipinski definition) is 7. The molecule has 1 N–H and O–H groups in total. The second-order valence-electron chi connectivity index (χ2n) is 8.34. The van der Waals surface area contributed by atoms with E-state index in [1.807, 2.05) is 36.1 Å². The molecule has 33 heavy (non-hydrogen) atoms. The fourth-order valence-electron chi connectivity index (χ4n) is 4.08. The van der Waals surface area contributed by atoms with Gasteiger partial charge in [0.25, 0.3) is 0 Å². The van der Waals surface area contributed by atoms with E-state index in [1.165, 1.54) is 17.8 Å². The van der Waals surface area contributed by atoms with Crippen LogP contribution in [0.3, 0.4) is 0 Å². The number of amides is 1. The third-order valence-electron chi connectivity index (χ3n) is 5.67. The molecule has 1 amide bonds. The van der Waals surface area contributed by atoms with Gasteiger partial charge in [-0.15, -0.1) is 0 Å². The molecule has 0 bridgehead atoms. The van der Waals surface area contributed by atoms with Gasteiger partial charge in [-0.2, -0.15) is 4.37 Å². The summed E-state index contributed by atoms with van der Waals surface area (Å²) in [6, 6.07) is 14.4. The van der Waals surface area contributed by atoms with E-state index < -0.39 is 9.84 Å². The maximum Gasteiger partial charge on any atom is 0.219 e. The maximum absolute atomic E-state index is 12.1. The largest absolute Gasteiger partial charge is 0.457 e. The van der Waals surface area contributed by atoms with Crippen molar-refractivity contribution in [3.8, 4) is 11.5 Å². The molecule has 174 valence electrons. The molecule has 1 aliphatic heterocycles. The van der Waals surface area contributed by atoms with Gasteiger partial charge in [0.15, 0.2) is 9.84 Å². The highest BCUT2D eigenvalue weighted by atomic mass is 32.2. The molecule has 2 aromatic carbocycles. The molecule has 1 unspecified atom stereocenters. The van der Waals surface area contributed by atoms with Crippen molar-refractivity contribution >= 4 is 38.0 Å². The van der Waals surface area contributed by atoms with Gasteiger partial charge in [0.2, 0.25) is 5.91 Å². The van der Waals surface area contributed by atoms with Gasteiger partial charge in [-0.3, -0.25) is 4.79 Å². The van der Waals surface area contributed by atoms with E-state index in [-0.39, 0.29) is 16.8 Å². The normalized spacial score (nSPS) is 16.1. The summed E-state index contributed by atoms with van der Waals surface area (Å²) in [6.07, 6.45) is 3.80. The van der Waals surface area contributed by atoms with E-state index >= 15 is 0 Å². The molecule has 0 saturated carbocycles. The fraction of sp³-hybridized carbons (Fsp3) is 0.333. The first-order valence-corrected chi connectivity index (χ1v) is 13.4. The van der Waals surface area contributed by atoms with E-state index in [0.29, 0.717) is 17.9 Å². The molecule has 1 aliphatic rings. The summed E-state index contributed by atoms with van der Waals surface area (Å²) < 4.78 is 34.0. The molecule has 2 heterocycles. The molecule has 0 radical (unpaired) electrons. The molecule has 1 fully saturated rings. The molecule has 0 aliphatic carbocycles. The number of aryl methyl sites for hydroxylation is 1. The number of rotatable bonds is 7. The Bertz CT molecular complexity index is 1250. The summed E-state index contributed by atoms with van der Waals surface area (Å²) in [4.78, 5) is 14.2. The minimum Gasteiger partial charge on any atom is -0.457 e. The van der Waals surface area contributed by atoms with Gasteiger partial charge in [-0.05, 0) is 91.8 Å². The average Bonchev–Trinajstić information content (AvgIpc) is 3.38. The van der Waals surface area contributed by atoms with E-state index in [1.54, 1.807) is 31.2 Å². The zero-order valence-electron chi connectivity index (χ0n) is 18.9. The van der Waals surface area contributed by atoms with E-state index in [4.69, 9.17) is 4.74 Å². The van der Waals surface area contributed by atoms with Gasteiger partial charge < -0.3 is 15.0 Å². The lowest BCUT2D eigenvalue weighted by Gasteiger charge is -2.24. The van der Waals surface area contributed by atoms with Crippen LogP contribution < -0.4 is 10.1 Å². The van der Waals surface area contributed by atoms with E-state index in [2.05, 4.69) is 9.69 Å². The molecule has 0 spiro atoms. The molecule has 1 saturated heterocycles. The van der Waals surface area contributed by atoms with Gasteiger partial charge in [-0.25, -0.2) is 8.42 Å². The number of nitrogens with one attached hydrogen (secondary N) is 1. The van der Waals surface area contributed by atoms with Gasteiger partial charge in [-0.1, -0.05) is 0 Å². The number of hydrogen-bond donors (Lipinski definition) is 1. The van der Waals surface area contributed by atoms with Gasteiger partial charge >= 0.3 is 0 Å². The summed E-state index contributed by atoms with van der Waals surface area (Å²) in [7, 11) is -3.27. The second-order valence-corrected chi connectivity index (χ2v) is 11.2. The number of ether oxygens (including phenoxy) is 1. The summed E-state index contributed by atoms with van der Waals surface area (Å²) in [5.74, 6) is 1.33. The zero-order valence-corrected chi connectivity index (χ0v) is 20.5. The molecule has 4 rings (SSSR count). The highest BCUT2D eigenvalue weighted by molar-refractivity contribution is 7.90. The van der Waals surface area contributed by atoms with Gasteiger partial charge in [0.05, 0.1) is 10.6 Å². The molecular formula is C24H27N3O4S2. The molecule has 9 heteroatoms. The number of sulfone groups is 1. The minimum atomic E-state index is -3.27. The first-order valence-electron chi connectivity index (χ1n) is 10.8. The molecule has 7 nitrogen and oxygen atoms in total. The average molecular weight is 486 g/mol. The highest BCUT2D eigenvalue weighted by Crippen LogP contribution is 2.33. The van der Waals surface area contributed by atoms with Crippen LogP contribution in [-0.2, 0) is 21.1 Å². The number of carbonyl (C=O) groups is 1. The smallest absolute Gasteiger partial charge is 0.219 e. The lowest BCUT2D eigenvalue weighted by atomic mass is 10.0. The van der Waals surface area contributed by atoms with Crippen LogP contribution in [0.25, 0.3) is 0 Å². The van der Waals surface area contributed by atoms with Gasteiger partial charge in [0.1, 0.15) is 16.5 Å². The number of benzene rings is 2. The molecule has 3 aromatic rings. The van der Waals surface area contributed by atoms with Crippen LogP contribution in [0.4, 0.5) is 10.7 Å². The Morgan fingerprint density at radius 1 is 1.21 bits per heavy atom. The Hall–Kier alpha value is -2.91. The van der Waals surface area contributed by atoms with Crippen molar-refractivity contribution in [1.82, 2.24) is 9.27 Å². The van der Waals surface area contributed by atoms with Crippen LogP contribution in [0.5, 0.6) is 11.5 Å². The van der Waals surface area contributed by atoms with Crippen LogP contribution in [0, 0.1) is 6.92 Å². The van der Waals surface area contributed by atoms with Crippen LogP contribution in [0.1, 0.15) is 31.0 Å². The van der Waals surface area contributed by atoms with Crippen molar-refractivity contribution in [2.75, 3.05) is 18.1 Å². The number of carbonyl (C=O) groups excluding carboxylic acids is 1. The maximum atomic E-state index is 12.1. The lowest BCUT2D eigenvalue weighted by Crippen LogP contribution is -2.35. The minimum absolute atomic E-state index is 0.0887. The lowest BCUT2D eigenvalue weighted by molar-refractivity contribution is -0.129. The van der Waals surface area contributed by atoms with E-state index in [0.717, 1.165) is 41.3 Å². The van der Waals surface area contributed by atoms with Crippen molar-refractivity contribution < 1.29 is 17.9 Å². The van der Waals surface area contributed by atoms with E-state index in [9.17, 15) is 13.2 Å². The van der Waals surface area contributed by atoms with Crippen molar-refractivity contribution in [3.63, 3.8) is 0 Å². The molecular weight excluding hydrogens is 458 g/mol. The SMILES string of the molecule is CC(=O)N1CCCC1Cc1cc(Nc2cc(C)ns2)ccc1Oc1ccc(S(C)(=O)=O)cc1. The van der Waals surface area contributed by atoms with Crippen molar-refractivity contribution in [1.29, 1.82) is 0 Å².